The van der Waals surface area contributed by atoms with Crippen LogP contribution in [0.5, 0.6) is 23.0 Å². The van der Waals surface area contributed by atoms with Crippen molar-refractivity contribution in [3.8, 4) is 23.0 Å². The number of fused-ring (bicyclic) bond motifs is 1. The molecule has 7 nitrogen and oxygen atoms in total. The number of hydrogen-bond acceptors (Lipinski definition) is 6. The Morgan fingerprint density at radius 2 is 1.93 bits per heavy atom. The number of nitrogens with zero attached hydrogens (tertiary/aromatic N) is 2. The SMILES string of the molecule is CC(=O)N1N=C(c2cc(Cl)c(O)c(Cl)c2O)CC1c1ccc2c(c1)OCO2. The van der Waals surface area contributed by atoms with Gasteiger partial charge < -0.3 is 19.7 Å². The quantitative estimate of drug-likeness (QED) is 0.787. The fourth-order valence-electron chi connectivity index (χ4n) is 3.16. The van der Waals surface area contributed by atoms with E-state index in [2.05, 4.69) is 5.10 Å². The first kappa shape index (κ1) is 17.8. The van der Waals surface area contributed by atoms with Crippen molar-refractivity contribution in [1.29, 1.82) is 0 Å². The Hall–Kier alpha value is -2.64. The van der Waals surface area contributed by atoms with Crippen molar-refractivity contribution in [2.24, 2.45) is 5.10 Å². The third kappa shape index (κ3) is 2.93. The molecule has 0 radical (unpaired) electrons. The number of carbonyl (C=O) groups is 1. The van der Waals surface area contributed by atoms with Crippen LogP contribution in [0.1, 0.15) is 30.5 Å². The van der Waals surface area contributed by atoms with Gasteiger partial charge in [0.15, 0.2) is 17.2 Å². The number of benzene rings is 2. The molecular weight excluding hydrogens is 395 g/mol. The second kappa shape index (κ2) is 6.51. The predicted molar refractivity (Wildman–Crippen MR) is 98.8 cm³/mol. The maximum absolute atomic E-state index is 12.1. The first-order chi connectivity index (χ1) is 12.9. The van der Waals surface area contributed by atoms with Gasteiger partial charge in [0.2, 0.25) is 12.7 Å². The smallest absolute Gasteiger partial charge is 0.240 e. The highest BCUT2D eigenvalue weighted by atomic mass is 35.5. The molecule has 140 valence electrons. The Labute approximate surface area is 164 Å². The highest BCUT2D eigenvalue weighted by Gasteiger charge is 2.34. The van der Waals surface area contributed by atoms with Gasteiger partial charge in [-0.15, -0.1) is 0 Å². The van der Waals surface area contributed by atoms with Crippen molar-refractivity contribution >= 4 is 34.8 Å². The average molecular weight is 409 g/mol. The van der Waals surface area contributed by atoms with Gasteiger partial charge in [0.1, 0.15) is 10.8 Å². The summed E-state index contributed by atoms with van der Waals surface area (Å²) >= 11 is 11.9. The second-order valence-corrected chi connectivity index (χ2v) is 6.95. The molecule has 1 unspecified atom stereocenters. The zero-order chi connectivity index (χ0) is 19.3. The molecule has 0 saturated heterocycles. The highest BCUT2D eigenvalue weighted by molar-refractivity contribution is 6.39. The van der Waals surface area contributed by atoms with Gasteiger partial charge in [-0.05, 0) is 23.8 Å². The van der Waals surface area contributed by atoms with Gasteiger partial charge in [0.05, 0.1) is 16.8 Å². The van der Waals surface area contributed by atoms with E-state index in [9.17, 15) is 15.0 Å². The van der Waals surface area contributed by atoms with E-state index in [1.165, 1.54) is 18.0 Å². The Bertz CT molecular complexity index is 992. The first-order valence-electron chi connectivity index (χ1n) is 8.04. The van der Waals surface area contributed by atoms with Crippen LogP contribution in [-0.2, 0) is 4.79 Å². The van der Waals surface area contributed by atoms with Crippen LogP contribution in [0, 0.1) is 0 Å². The number of hydrogen-bond donors (Lipinski definition) is 2. The minimum Gasteiger partial charge on any atom is -0.506 e. The summed E-state index contributed by atoms with van der Waals surface area (Å²) in [6.45, 7) is 1.56. The summed E-state index contributed by atoms with van der Waals surface area (Å²) in [4.78, 5) is 12.1. The molecule has 2 aromatic rings. The lowest BCUT2D eigenvalue weighted by Gasteiger charge is -2.20. The number of hydrazone groups is 1. The molecule has 1 amide bonds. The minimum atomic E-state index is -0.408. The molecule has 2 heterocycles. The third-order valence-corrected chi connectivity index (χ3v) is 5.14. The number of phenols is 2. The zero-order valence-electron chi connectivity index (χ0n) is 14.1. The van der Waals surface area contributed by atoms with Gasteiger partial charge in [0.25, 0.3) is 0 Å². The normalized spacial score (nSPS) is 18.0. The Kier molecular flexibility index (Phi) is 4.28. The van der Waals surface area contributed by atoms with Crippen LogP contribution < -0.4 is 9.47 Å². The lowest BCUT2D eigenvalue weighted by atomic mass is 9.97. The topological polar surface area (TPSA) is 91.6 Å². The monoisotopic (exact) mass is 408 g/mol. The molecule has 0 aromatic heterocycles. The Morgan fingerprint density at radius 1 is 1.19 bits per heavy atom. The Balaban J connectivity index is 1.74. The van der Waals surface area contributed by atoms with E-state index in [1.54, 1.807) is 12.1 Å². The second-order valence-electron chi connectivity index (χ2n) is 6.16. The van der Waals surface area contributed by atoms with Crippen LogP contribution >= 0.6 is 23.2 Å². The number of rotatable bonds is 2. The van der Waals surface area contributed by atoms with Crippen LogP contribution in [0.3, 0.4) is 0 Å². The molecule has 0 bridgehead atoms. The molecule has 9 heteroatoms. The number of carbonyl (C=O) groups excluding carboxylic acids is 1. The summed E-state index contributed by atoms with van der Waals surface area (Å²) in [5.41, 5.74) is 1.50. The average Bonchev–Trinajstić information content (AvgIpc) is 3.29. The number of halogens is 2. The van der Waals surface area contributed by atoms with Gasteiger partial charge in [-0.3, -0.25) is 4.79 Å². The molecule has 0 aliphatic carbocycles. The largest absolute Gasteiger partial charge is 0.506 e. The molecule has 2 aliphatic heterocycles. The maximum Gasteiger partial charge on any atom is 0.240 e. The first-order valence-corrected chi connectivity index (χ1v) is 8.79. The van der Waals surface area contributed by atoms with Crippen LogP contribution in [0.15, 0.2) is 29.4 Å². The fourth-order valence-corrected chi connectivity index (χ4v) is 3.62. The molecule has 1 atom stereocenters. The third-order valence-electron chi connectivity index (χ3n) is 4.49. The summed E-state index contributed by atoms with van der Waals surface area (Å²) in [5, 5.41) is 25.5. The van der Waals surface area contributed by atoms with Crippen molar-refractivity contribution in [3.63, 3.8) is 0 Å². The lowest BCUT2D eigenvalue weighted by Crippen LogP contribution is -2.24. The lowest BCUT2D eigenvalue weighted by molar-refractivity contribution is -0.130. The van der Waals surface area contributed by atoms with E-state index in [0.717, 1.165) is 5.56 Å². The van der Waals surface area contributed by atoms with Gasteiger partial charge in [0, 0.05) is 18.9 Å². The van der Waals surface area contributed by atoms with E-state index in [1.807, 2.05) is 6.07 Å². The van der Waals surface area contributed by atoms with Crippen molar-refractivity contribution in [1.82, 2.24) is 5.01 Å². The summed E-state index contributed by atoms with van der Waals surface area (Å²) in [6.07, 6.45) is 0.324. The number of ether oxygens (including phenoxy) is 2. The number of phenolic OH excluding ortho intramolecular Hbond substituents is 2. The van der Waals surface area contributed by atoms with Crippen molar-refractivity contribution in [2.45, 2.75) is 19.4 Å². The number of aromatic hydroxyl groups is 2. The highest BCUT2D eigenvalue weighted by Crippen LogP contribution is 2.44. The zero-order valence-corrected chi connectivity index (χ0v) is 15.6. The molecule has 0 spiro atoms. The molecule has 27 heavy (non-hydrogen) atoms. The van der Waals surface area contributed by atoms with Gasteiger partial charge in [-0.1, -0.05) is 29.3 Å². The summed E-state index contributed by atoms with van der Waals surface area (Å²) in [7, 11) is 0. The van der Waals surface area contributed by atoms with E-state index in [-0.39, 0.29) is 34.1 Å². The Morgan fingerprint density at radius 3 is 2.67 bits per heavy atom. The minimum absolute atomic E-state index is 0.0172. The van der Waals surface area contributed by atoms with Crippen LogP contribution in [0.4, 0.5) is 0 Å². The van der Waals surface area contributed by atoms with Crippen molar-refractivity contribution in [2.75, 3.05) is 6.79 Å². The van der Waals surface area contributed by atoms with Crippen LogP contribution in [0.25, 0.3) is 0 Å². The van der Waals surface area contributed by atoms with Crippen molar-refractivity contribution in [3.05, 3.63) is 45.4 Å². The number of amides is 1. The fraction of sp³-hybridized carbons (Fsp3) is 0.222. The van der Waals surface area contributed by atoms with Crippen molar-refractivity contribution < 1.29 is 24.5 Å². The molecule has 2 aromatic carbocycles. The molecule has 2 N–H and O–H groups in total. The van der Waals surface area contributed by atoms with Gasteiger partial charge >= 0.3 is 0 Å². The molecule has 0 saturated carbocycles. The van der Waals surface area contributed by atoms with E-state index in [4.69, 9.17) is 32.7 Å². The van der Waals surface area contributed by atoms with Gasteiger partial charge in [-0.2, -0.15) is 5.10 Å². The van der Waals surface area contributed by atoms with Crippen LogP contribution in [-0.4, -0.2) is 33.6 Å². The molecule has 0 fully saturated rings. The maximum atomic E-state index is 12.1. The molecule has 2 aliphatic rings. The summed E-state index contributed by atoms with van der Waals surface area (Å²) in [6, 6.07) is 6.40. The standard InChI is InChI=1S/C18H14Cl2N2O5/c1-8(23)22-13(9-2-3-14-15(4-9)27-7-26-14)6-12(21-22)10-5-11(19)18(25)16(20)17(10)24/h2-5,13,24-25H,6-7H2,1H3. The predicted octanol–water partition coefficient (Wildman–Crippen LogP) is 3.83. The van der Waals surface area contributed by atoms with Crippen LogP contribution in [0.2, 0.25) is 10.0 Å². The van der Waals surface area contributed by atoms with Gasteiger partial charge in [-0.25, -0.2) is 5.01 Å². The summed E-state index contributed by atoms with van der Waals surface area (Å²) in [5.74, 6) is 0.231. The van der Waals surface area contributed by atoms with E-state index < -0.39 is 11.8 Å². The molecule has 4 rings (SSSR count). The molecular formula is C18H14Cl2N2O5. The van der Waals surface area contributed by atoms with E-state index >= 15 is 0 Å². The van der Waals surface area contributed by atoms with E-state index in [0.29, 0.717) is 23.6 Å². The summed E-state index contributed by atoms with van der Waals surface area (Å²) < 4.78 is 10.7.